The zero-order chi connectivity index (χ0) is 19.9. The minimum absolute atomic E-state index is 0.0290. The number of benzene rings is 2. The van der Waals surface area contributed by atoms with E-state index < -0.39 is 0 Å². The van der Waals surface area contributed by atoms with Gasteiger partial charge in [0.05, 0.1) is 11.3 Å². The third-order valence-electron chi connectivity index (χ3n) is 5.47. The number of nitrogens with one attached hydrogen (secondary N) is 1. The second kappa shape index (κ2) is 9.40. The fourth-order valence-corrected chi connectivity index (χ4v) is 3.82. The van der Waals surface area contributed by atoms with Crippen LogP contribution >= 0.6 is 0 Å². The van der Waals surface area contributed by atoms with Gasteiger partial charge in [0.15, 0.2) is 0 Å². The van der Waals surface area contributed by atoms with Crippen LogP contribution in [0.1, 0.15) is 54.4 Å². The largest absolute Gasteiger partial charge is 0.399 e. The van der Waals surface area contributed by atoms with Crippen molar-refractivity contribution < 1.29 is 9.59 Å². The Labute approximate surface area is 166 Å². The molecule has 28 heavy (non-hydrogen) atoms. The highest BCUT2D eigenvalue weighted by Crippen LogP contribution is 2.25. The Morgan fingerprint density at radius 3 is 2.57 bits per heavy atom. The van der Waals surface area contributed by atoms with Crippen LogP contribution in [0.15, 0.2) is 48.5 Å². The topological polar surface area (TPSA) is 75.4 Å². The second-order valence-corrected chi connectivity index (χ2v) is 7.55. The van der Waals surface area contributed by atoms with Gasteiger partial charge in [0.1, 0.15) is 0 Å². The highest BCUT2D eigenvalue weighted by Gasteiger charge is 2.24. The number of nitrogens with zero attached hydrogens (tertiary/aromatic N) is 1. The monoisotopic (exact) mass is 379 g/mol. The molecule has 0 aliphatic heterocycles. The van der Waals surface area contributed by atoms with Crippen LogP contribution in [-0.2, 0) is 11.2 Å². The summed E-state index contributed by atoms with van der Waals surface area (Å²) < 4.78 is 0. The molecule has 1 saturated carbocycles. The minimum atomic E-state index is -0.108. The van der Waals surface area contributed by atoms with Gasteiger partial charge in [-0.25, -0.2) is 0 Å². The van der Waals surface area contributed by atoms with Crippen molar-refractivity contribution in [2.24, 2.45) is 0 Å². The molecule has 3 rings (SSSR count). The van der Waals surface area contributed by atoms with E-state index in [-0.39, 0.29) is 17.9 Å². The quantitative estimate of drug-likeness (QED) is 0.737. The summed E-state index contributed by atoms with van der Waals surface area (Å²) in [4.78, 5) is 27.3. The number of nitrogens with two attached hydrogens (primary N) is 1. The van der Waals surface area contributed by atoms with Crippen LogP contribution in [0.4, 0.5) is 11.4 Å². The summed E-state index contributed by atoms with van der Waals surface area (Å²) in [6.07, 6.45) is 6.64. The van der Waals surface area contributed by atoms with Gasteiger partial charge in [0.2, 0.25) is 5.91 Å². The van der Waals surface area contributed by atoms with E-state index >= 15 is 0 Å². The smallest absolute Gasteiger partial charge is 0.255 e. The van der Waals surface area contributed by atoms with Crippen LogP contribution < -0.4 is 11.1 Å². The maximum atomic E-state index is 13.0. The van der Waals surface area contributed by atoms with Gasteiger partial charge in [-0.1, -0.05) is 43.5 Å². The molecule has 1 fully saturated rings. The number of para-hydroxylation sites is 1. The molecule has 0 radical (unpaired) electrons. The third-order valence-corrected chi connectivity index (χ3v) is 5.47. The number of anilines is 2. The maximum Gasteiger partial charge on any atom is 0.255 e. The van der Waals surface area contributed by atoms with Gasteiger partial charge in [0.25, 0.3) is 5.91 Å². The zero-order valence-corrected chi connectivity index (χ0v) is 16.5. The number of aryl methyl sites for hydroxylation is 1. The van der Waals surface area contributed by atoms with Crippen LogP contribution in [0.2, 0.25) is 0 Å². The molecule has 2 amide bonds. The molecule has 0 atom stereocenters. The normalized spacial score (nSPS) is 14.5. The second-order valence-electron chi connectivity index (χ2n) is 7.55. The first-order valence-electron chi connectivity index (χ1n) is 10.0. The summed E-state index contributed by atoms with van der Waals surface area (Å²) in [6.45, 7) is 0. The van der Waals surface area contributed by atoms with Crippen LogP contribution in [0.3, 0.4) is 0 Å². The number of rotatable bonds is 6. The van der Waals surface area contributed by atoms with Crippen molar-refractivity contribution in [1.29, 1.82) is 0 Å². The van der Waals surface area contributed by atoms with Gasteiger partial charge < -0.3 is 16.0 Å². The van der Waals surface area contributed by atoms with Gasteiger partial charge >= 0.3 is 0 Å². The van der Waals surface area contributed by atoms with E-state index in [2.05, 4.69) is 5.32 Å². The maximum absolute atomic E-state index is 13.0. The van der Waals surface area contributed by atoms with Gasteiger partial charge in [-0.2, -0.15) is 0 Å². The molecular formula is C23H29N3O2. The van der Waals surface area contributed by atoms with Crippen molar-refractivity contribution >= 4 is 23.2 Å². The molecule has 2 aromatic rings. The minimum Gasteiger partial charge on any atom is -0.399 e. The Morgan fingerprint density at radius 2 is 1.82 bits per heavy atom. The molecular weight excluding hydrogens is 350 g/mol. The van der Waals surface area contributed by atoms with E-state index in [1.165, 1.54) is 19.3 Å². The lowest BCUT2D eigenvalue weighted by Gasteiger charge is -2.31. The van der Waals surface area contributed by atoms with Crippen molar-refractivity contribution in [3.8, 4) is 0 Å². The number of amides is 2. The molecule has 0 bridgehead atoms. The van der Waals surface area contributed by atoms with Crippen LogP contribution in [0.5, 0.6) is 0 Å². The van der Waals surface area contributed by atoms with Gasteiger partial charge in [-0.15, -0.1) is 0 Å². The van der Waals surface area contributed by atoms with Gasteiger partial charge in [-0.05, 0) is 49.1 Å². The molecule has 0 aromatic heterocycles. The summed E-state index contributed by atoms with van der Waals surface area (Å²) in [6, 6.07) is 15.1. The average Bonchev–Trinajstić information content (AvgIpc) is 2.72. The van der Waals surface area contributed by atoms with E-state index in [1.54, 1.807) is 12.1 Å². The fraction of sp³-hybridized carbons (Fsp3) is 0.391. The number of carbonyl (C=O) groups excluding carboxylic acids is 2. The van der Waals surface area contributed by atoms with Crippen molar-refractivity contribution in [1.82, 2.24) is 4.90 Å². The standard InChI is InChI=1S/C23H29N3O2/c1-26(19-10-3-2-4-11-19)23(28)20-12-5-6-13-21(20)25-22(27)15-14-17-8-7-9-18(24)16-17/h5-9,12-13,16,19H,2-4,10-11,14-15,24H2,1H3,(H,25,27). The summed E-state index contributed by atoms with van der Waals surface area (Å²) in [5.74, 6) is -0.137. The lowest BCUT2D eigenvalue weighted by atomic mass is 9.94. The Balaban J connectivity index is 1.64. The number of hydrogen-bond acceptors (Lipinski definition) is 3. The van der Waals surface area contributed by atoms with Crippen LogP contribution in [-0.4, -0.2) is 29.8 Å². The summed E-state index contributed by atoms with van der Waals surface area (Å²) in [7, 11) is 1.87. The Morgan fingerprint density at radius 1 is 1.07 bits per heavy atom. The number of hydrogen-bond donors (Lipinski definition) is 2. The highest BCUT2D eigenvalue weighted by atomic mass is 16.2. The zero-order valence-electron chi connectivity index (χ0n) is 16.5. The van der Waals surface area contributed by atoms with E-state index in [0.717, 1.165) is 18.4 Å². The molecule has 5 nitrogen and oxygen atoms in total. The van der Waals surface area contributed by atoms with Gasteiger partial charge in [-0.3, -0.25) is 9.59 Å². The predicted molar refractivity (Wildman–Crippen MR) is 113 cm³/mol. The van der Waals surface area contributed by atoms with Crippen molar-refractivity contribution in [2.45, 2.75) is 51.0 Å². The predicted octanol–water partition coefficient (Wildman–Crippen LogP) is 4.24. The molecule has 1 aliphatic carbocycles. The van der Waals surface area contributed by atoms with Crippen LogP contribution in [0, 0.1) is 0 Å². The van der Waals surface area contributed by atoms with E-state index in [0.29, 0.717) is 29.8 Å². The molecule has 0 saturated heterocycles. The van der Waals surface area contributed by atoms with E-state index in [1.807, 2.05) is 48.3 Å². The number of nitrogen functional groups attached to an aromatic ring is 1. The lowest BCUT2D eigenvalue weighted by molar-refractivity contribution is -0.116. The Kier molecular flexibility index (Phi) is 6.69. The van der Waals surface area contributed by atoms with Gasteiger partial charge in [0, 0.05) is 25.2 Å². The molecule has 1 aliphatic rings. The summed E-state index contributed by atoms with van der Waals surface area (Å²) in [5, 5.41) is 2.92. The summed E-state index contributed by atoms with van der Waals surface area (Å²) in [5.41, 5.74) is 8.63. The molecule has 0 heterocycles. The first-order valence-corrected chi connectivity index (χ1v) is 10.0. The molecule has 3 N–H and O–H groups in total. The molecule has 0 spiro atoms. The Bertz CT molecular complexity index is 828. The van der Waals surface area contributed by atoms with E-state index in [4.69, 9.17) is 5.73 Å². The number of carbonyl (C=O) groups is 2. The van der Waals surface area contributed by atoms with E-state index in [9.17, 15) is 9.59 Å². The highest BCUT2D eigenvalue weighted by molar-refractivity contribution is 6.03. The summed E-state index contributed by atoms with van der Waals surface area (Å²) >= 11 is 0. The molecule has 2 aromatic carbocycles. The van der Waals surface area contributed by atoms with Crippen molar-refractivity contribution in [3.05, 3.63) is 59.7 Å². The van der Waals surface area contributed by atoms with Crippen LogP contribution in [0.25, 0.3) is 0 Å². The third kappa shape index (κ3) is 5.12. The molecule has 0 unspecified atom stereocenters. The first-order chi connectivity index (χ1) is 13.5. The molecule has 5 heteroatoms. The average molecular weight is 380 g/mol. The molecule has 148 valence electrons. The van der Waals surface area contributed by atoms with Crippen molar-refractivity contribution in [3.63, 3.8) is 0 Å². The van der Waals surface area contributed by atoms with Crippen molar-refractivity contribution in [2.75, 3.05) is 18.1 Å². The first kappa shape index (κ1) is 19.9. The Hall–Kier alpha value is -2.82. The lowest BCUT2D eigenvalue weighted by Crippen LogP contribution is -2.38. The SMILES string of the molecule is CN(C(=O)c1ccccc1NC(=O)CCc1cccc(N)c1)C1CCCCC1. The fourth-order valence-electron chi connectivity index (χ4n) is 3.82.